The molecule has 4 nitrogen and oxygen atoms in total. The molecule has 114 valence electrons. The molecule has 0 aromatic heterocycles. The molecule has 0 saturated carbocycles. The van der Waals surface area contributed by atoms with E-state index in [1.807, 2.05) is 0 Å². The van der Waals surface area contributed by atoms with E-state index in [9.17, 15) is 18.4 Å². The number of halogens is 2. The fourth-order valence-corrected chi connectivity index (χ4v) is 2.08. The van der Waals surface area contributed by atoms with Gasteiger partial charge in [0.1, 0.15) is 11.6 Å². The lowest BCUT2D eigenvalue weighted by Crippen LogP contribution is -2.15. The van der Waals surface area contributed by atoms with E-state index in [1.54, 1.807) is 19.9 Å². The van der Waals surface area contributed by atoms with Crippen LogP contribution in [0.5, 0.6) is 0 Å². The van der Waals surface area contributed by atoms with Crippen LogP contribution in [-0.2, 0) is 0 Å². The average molecular weight is 305 g/mol. The summed E-state index contributed by atoms with van der Waals surface area (Å²) in [5, 5.41) is 11.5. The van der Waals surface area contributed by atoms with Gasteiger partial charge in [-0.3, -0.25) is 4.79 Å². The summed E-state index contributed by atoms with van der Waals surface area (Å²) in [7, 11) is 0. The Kier molecular flexibility index (Phi) is 4.21. The van der Waals surface area contributed by atoms with Gasteiger partial charge in [-0.25, -0.2) is 13.6 Å². The van der Waals surface area contributed by atoms with Crippen LogP contribution in [0.4, 0.5) is 14.5 Å². The summed E-state index contributed by atoms with van der Waals surface area (Å²) in [5.74, 6) is -3.58. The van der Waals surface area contributed by atoms with Crippen molar-refractivity contribution in [2.45, 2.75) is 13.8 Å². The molecule has 0 bridgehead atoms. The number of aromatic carboxylic acids is 1. The molecule has 0 aliphatic heterocycles. The molecule has 0 radical (unpaired) electrons. The van der Waals surface area contributed by atoms with Gasteiger partial charge >= 0.3 is 5.97 Å². The summed E-state index contributed by atoms with van der Waals surface area (Å²) in [4.78, 5) is 23.2. The maximum absolute atomic E-state index is 13.6. The van der Waals surface area contributed by atoms with Crippen molar-refractivity contribution in [2.24, 2.45) is 0 Å². The summed E-state index contributed by atoms with van der Waals surface area (Å²) < 4.78 is 26.7. The molecule has 0 heterocycles. The molecule has 22 heavy (non-hydrogen) atoms. The number of hydrogen-bond acceptors (Lipinski definition) is 2. The molecular weight excluding hydrogens is 292 g/mol. The van der Waals surface area contributed by atoms with Crippen molar-refractivity contribution in [1.29, 1.82) is 0 Å². The van der Waals surface area contributed by atoms with Crippen molar-refractivity contribution in [3.63, 3.8) is 0 Å². The molecule has 0 unspecified atom stereocenters. The van der Waals surface area contributed by atoms with Crippen molar-refractivity contribution >= 4 is 17.6 Å². The number of carboxylic acid groups (broad SMARTS) is 1. The Morgan fingerprint density at radius 2 is 1.68 bits per heavy atom. The fourth-order valence-electron chi connectivity index (χ4n) is 2.08. The van der Waals surface area contributed by atoms with Crippen LogP contribution in [-0.4, -0.2) is 17.0 Å². The van der Waals surface area contributed by atoms with Gasteiger partial charge in [0.2, 0.25) is 0 Å². The normalized spacial score (nSPS) is 10.4. The first-order chi connectivity index (χ1) is 10.3. The van der Waals surface area contributed by atoms with E-state index in [1.165, 1.54) is 6.07 Å². The molecule has 0 aliphatic carbocycles. The predicted octanol–water partition coefficient (Wildman–Crippen LogP) is 3.53. The second-order valence-electron chi connectivity index (χ2n) is 4.87. The van der Waals surface area contributed by atoms with Crippen molar-refractivity contribution in [1.82, 2.24) is 0 Å². The van der Waals surface area contributed by atoms with Gasteiger partial charge in [-0.15, -0.1) is 0 Å². The number of amides is 1. The highest BCUT2D eigenvalue weighted by Gasteiger charge is 2.16. The van der Waals surface area contributed by atoms with Gasteiger partial charge in [0.15, 0.2) is 0 Å². The van der Waals surface area contributed by atoms with Crippen molar-refractivity contribution < 1.29 is 23.5 Å². The topological polar surface area (TPSA) is 66.4 Å². The Balaban J connectivity index is 2.38. The highest BCUT2D eigenvalue weighted by molar-refractivity contribution is 6.05. The molecule has 0 aliphatic rings. The van der Waals surface area contributed by atoms with Gasteiger partial charge in [-0.1, -0.05) is 6.07 Å². The third kappa shape index (κ3) is 3.11. The highest BCUT2D eigenvalue weighted by atomic mass is 19.1. The minimum atomic E-state index is -1.13. The highest BCUT2D eigenvalue weighted by Crippen LogP contribution is 2.22. The third-order valence-electron chi connectivity index (χ3n) is 3.22. The lowest BCUT2D eigenvalue weighted by molar-refractivity contribution is 0.0695. The smallest absolute Gasteiger partial charge is 0.336 e. The Morgan fingerprint density at radius 1 is 1.00 bits per heavy atom. The van der Waals surface area contributed by atoms with Crippen molar-refractivity contribution in [3.8, 4) is 0 Å². The van der Waals surface area contributed by atoms with Crippen LogP contribution in [0.25, 0.3) is 0 Å². The summed E-state index contributed by atoms with van der Waals surface area (Å²) in [6.45, 7) is 3.31. The SMILES string of the molecule is Cc1cc(C)c(C(=O)O)cc1NC(=O)c1cc(F)ccc1F. The number of benzene rings is 2. The van der Waals surface area contributed by atoms with E-state index in [4.69, 9.17) is 5.11 Å². The van der Waals surface area contributed by atoms with E-state index < -0.39 is 29.1 Å². The first-order valence-corrected chi connectivity index (χ1v) is 6.40. The monoisotopic (exact) mass is 305 g/mol. The first-order valence-electron chi connectivity index (χ1n) is 6.40. The van der Waals surface area contributed by atoms with E-state index in [-0.39, 0.29) is 11.3 Å². The number of nitrogens with one attached hydrogen (secondary N) is 1. The second-order valence-corrected chi connectivity index (χ2v) is 4.87. The zero-order valence-corrected chi connectivity index (χ0v) is 11.9. The Labute approximate surface area is 125 Å². The summed E-state index contributed by atoms with van der Waals surface area (Å²) in [5.41, 5.74) is 0.974. The molecule has 2 rings (SSSR count). The number of hydrogen-bond donors (Lipinski definition) is 2. The molecule has 6 heteroatoms. The summed E-state index contributed by atoms with van der Waals surface area (Å²) in [6, 6.07) is 5.44. The lowest BCUT2D eigenvalue weighted by Gasteiger charge is -2.12. The Morgan fingerprint density at radius 3 is 2.32 bits per heavy atom. The number of anilines is 1. The van der Waals surface area contributed by atoms with Gasteiger partial charge in [0.05, 0.1) is 11.1 Å². The maximum atomic E-state index is 13.6. The zero-order chi connectivity index (χ0) is 16.4. The van der Waals surface area contributed by atoms with Gasteiger partial charge < -0.3 is 10.4 Å². The van der Waals surface area contributed by atoms with E-state index in [0.717, 1.165) is 18.2 Å². The molecule has 2 aromatic rings. The minimum Gasteiger partial charge on any atom is -0.478 e. The van der Waals surface area contributed by atoms with Gasteiger partial charge in [-0.05, 0) is 49.2 Å². The van der Waals surface area contributed by atoms with Crippen LogP contribution >= 0.6 is 0 Å². The van der Waals surface area contributed by atoms with Gasteiger partial charge in [0, 0.05) is 5.69 Å². The van der Waals surface area contributed by atoms with Gasteiger partial charge in [-0.2, -0.15) is 0 Å². The quantitative estimate of drug-likeness (QED) is 0.911. The molecule has 1 amide bonds. The molecule has 2 N–H and O–H groups in total. The molecule has 0 atom stereocenters. The van der Waals surface area contributed by atoms with E-state index in [0.29, 0.717) is 11.1 Å². The second kappa shape index (κ2) is 5.93. The Hall–Kier alpha value is -2.76. The van der Waals surface area contributed by atoms with Crippen LogP contribution in [0.15, 0.2) is 30.3 Å². The van der Waals surface area contributed by atoms with Crippen LogP contribution < -0.4 is 5.32 Å². The first kappa shape index (κ1) is 15.6. The van der Waals surface area contributed by atoms with Gasteiger partial charge in [0.25, 0.3) is 5.91 Å². The standard InChI is InChI=1S/C16H13F2NO3/c1-8-5-9(2)14(7-11(8)16(21)22)19-15(20)12-6-10(17)3-4-13(12)18/h3-7H,1-2H3,(H,19,20)(H,21,22). The van der Waals surface area contributed by atoms with Crippen molar-refractivity contribution in [2.75, 3.05) is 5.32 Å². The van der Waals surface area contributed by atoms with E-state index >= 15 is 0 Å². The van der Waals surface area contributed by atoms with Crippen LogP contribution in [0, 0.1) is 25.5 Å². The maximum Gasteiger partial charge on any atom is 0.336 e. The summed E-state index contributed by atoms with van der Waals surface area (Å²) in [6.07, 6.45) is 0. The third-order valence-corrected chi connectivity index (χ3v) is 3.22. The van der Waals surface area contributed by atoms with E-state index in [2.05, 4.69) is 5.32 Å². The molecule has 2 aromatic carbocycles. The number of carbonyl (C=O) groups is 2. The summed E-state index contributed by atoms with van der Waals surface area (Å²) >= 11 is 0. The zero-order valence-electron chi connectivity index (χ0n) is 11.9. The number of aryl methyl sites for hydroxylation is 2. The number of rotatable bonds is 3. The van der Waals surface area contributed by atoms with Crippen LogP contribution in [0.3, 0.4) is 0 Å². The average Bonchev–Trinajstić information content (AvgIpc) is 2.43. The Bertz CT molecular complexity index is 772. The molecule has 0 fully saturated rings. The predicted molar refractivity (Wildman–Crippen MR) is 77.2 cm³/mol. The largest absolute Gasteiger partial charge is 0.478 e. The molecule has 0 spiro atoms. The minimum absolute atomic E-state index is 0.0283. The molecule has 0 saturated heterocycles. The van der Waals surface area contributed by atoms with Crippen molar-refractivity contribution in [3.05, 3.63) is 64.2 Å². The van der Waals surface area contributed by atoms with Crippen LogP contribution in [0.2, 0.25) is 0 Å². The fraction of sp³-hybridized carbons (Fsp3) is 0.125. The number of carboxylic acids is 1. The molecular formula is C16H13F2NO3. The van der Waals surface area contributed by atoms with Crippen LogP contribution in [0.1, 0.15) is 31.8 Å². The lowest BCUT2D eigenvalue weighted by atomic mass is 10.0. The number of carbonyl (C=O) groups excluding carboxylic acids is 1.